The number of benzene rings is 1. The van der Waals surface area contributed by atoms with Crippen molar-refractivity contribution in [1.82, 2.24) is 15.0 Å². The summed E-state index contributed by atoms with van der Waals surface area (Å²) in [6.45, 7) is 1.99. The van der Waals surface area contributed by atoms with Crippen LogP contribution in [0, 0.1) is 24.4 Å². The third kappa shape index (κ3) is 4.38. The number of hydrogen-bond donors (Lipinski definition) is 2. The third-order valence-corrected chi connectivity index (χ3v) is 3.52. The van der Waals surface area contributed by atoms with Crippen LogP contribution in [0.15, 0.2) is 42.6 Å². The third-order valence-electron chi connectivity index (χ3n) is 3.52. The number of carbonyl (C=O) groups excluding carboxylic acids is 1. The molecule has 3 aromatic rings. The Bertz CT molecular complexity index is 982. The Morgan fingerprint density at radius 3 is 2.63 bits per heavy atom. The van der Waals surface area contributed by atoms with Gasteiger partial charge in [-0.15, -0.1) is 0 Å². The van der Waals surface area contributed by atoms with Crippen molar-refractivity contribution in [2.75, 3.05) is 10.6 Å². The molecule has 0 unspecified atom stereocenters. The lowest BCUT2D eigenvalue weighted by Crippen LogP contribution is -2.17. The highest BCUT2D eigenvalue weighted by molar-refractivity contribution is 6.03. The zero-order chi connectivity index (χ0) is 19.4. The van der Waals surface area contributed by atoms with Gasteiger partial charge < -0.3 is 10.6 Å². The number of anilines is 2. The van der Waals surface area contributed by atoms with Crippen molar-refractivity contribution in [3.63, 3.8) is 0 Å². The number of amides is 1. The van der Waals surface area contributed by atoms with Crippen LogP contribution in [0.5, 0.6) is 0 Å². The van der Waals surface area contributed by atoms with E-state index in [2.05, 4.69) is 25.6 Å². The molecule has 2 heterocycles. The molecule has 138 valence electrons. The molecule has 6 nitrogen and oxygen atoms in total. The molecule has 0 spiro atoms. The average molecular weight is 373 g/mol. The molecule has 0 aliphatic carbocycles. The van der Waals surface area contributed by atoms with Crippen LogP contribution < -0.4 is 10.6 Å². The SMILES string of the molecule is Cc1cc(C(=O)Nc2ccc(F)c(F)c2F)nc(NCc2ccccn2)n1. The van der Waals surface area contributed by atoms with Gasteiger partial charge in [0, 0.05) is 11.9 Å². The van der Waals surface area contributed by atoms with Crippen LogP contribution in [0.4, 0.5) is 24.8 Å². The number of nitrogens with one attached hydrogen (secondary N) is 2. The summed E-state index contributed by atoms with van der Waals surface area (Å²) < 4.78 is 40.0. The number of aromatic nitrogens is 3. The van der Waals surface area contributed by atoms with Crippen molar-refractivity contribution >= 4 is 17.5 Å². The van der Waals surface area contributed by atoms with Crippen molar-refractivity contribution in [3.8, 4) is 0 Å². The molecular formula is C18H14F3N5O. The second kappa shape index (κ2) is 7.81. The van der Waals surface area contributed by atoms with Gasteiger partial charge in [0.1, 0.15) is 5.69 Å². The smallest absolute Gasteiger partial charge is 0.274 e. The molecule has 1 amide bonds. The molecule has 0 saturated heterocycles. The highest BCUT2D eigenvalue weighted by atomic mass is 19.2. The molecule has 27 heavy (non-hydrogen) atoms. The van der Waals surface area contributed by atoms with E-state index in [9.17, 15) is 18.0 Å². The molecule has 3 rings (SSSR count). The summed E-state index contributed by atoms with van der Waals surface area (Å²) in [6, 6.07) is 8.46. The number of aryl methyl sites for hydroxylation is 1. The zero-order valence-electron chi connectivity index (χ0n) is 14.1. The number of pyridine rings is 1. The van der Waals surface area contributed by atoms with Crippen molar-refractivity contribution < 1.29 is 18.0 Å². The molecular weight excluding hydrogens is 359 g/mol. The number of hydrogen-bond acceptors (Lipinski definition) is 5. The van der Waals surface area contributed by atoms with Gasteiger partial charge in [0.2, 0.25) is 5.95 Å². The van der Waals surface area contributed by atoms with Gasteiger partial charge in [-0.3, -0.25) is 9.78 Å². The van der Waals surface area contributed by atoms with Crippen LogP contribution in [-0.2, 0) is 6.54 Å². The molecule has 0 fully saturated rings. The van der Waals surface area contributed by atoms with Crippen LogP contribution >= 0.6 is 0 Å². The Balaban J connectivity index is 1.77. The largest absolute Gasteiger partial charge is 0.349 e. The van der Waals surface area contributed by atoms with E-state index < -0.39 is 29.0 Å². The van der Waals surface area contributed by atoms with E-state index in [0.717, 1.165) is 17.8 Å². The summed E-state index contributed by atoms with van der Waals surface area (Å²) in [5.41, 5.74) is 0.690. The monoisotopic (exact) mass is 373 g/mol. The van der Waals surface area contributed by atoms with Crippen LogP contribution in [0.25, 0.3) is 0 Å². The van der Waals surface area contributed by atoms with E-state index in [-0.39, 0.29) is 11.6 Å². The molecule has 0 saturated carbocycles. The minimum absolute atomic E-state index is 0.0600. The molecule has 1 aromatic carbocycles. The van der Waals surface area contributed by atoms with Gasteiger partial charge in [-0.2, -0.15) is 0 Å². The Hall–Kier alpha value is -3.49. The normalized spacial score (nSPS) is 10.5. The molecule has 0 radical (unpaired) electrons. The maximum Gasteiger partial charge on any atom is 0.274 e. The van der Waals surface area contributed by atoms with Gasteiger partial charge in [-0.05, 0) is 37.3 Å². The summed E-state index contributed by atoms with van der Waals surface area (Å²) in [4.78, 5) is 24.7. The number of rotatable bonds is 5. The van der Waals surface area contributed by atoms with Gasteiger partial charge in [-0.1, -0.05) is 6.07 Å². The summed E-state index contributed by atoms with van der Waals surface area (Å²) in [5, 5.41) is 5.11. The number of halogens is 3. The van der Waals surface area contributed by atoms with Gasteiger partial charge in [0.15, 0.2) is 17.5 Å². The van der Waals surface area contributed by atoms with Gasteiger partial charge in [-0.25, -0.2) is 23.1 Å². The summed E-state index contributed by atoms with van der Waals surface area (Å²) >= 11 is 0. The first kappa shape index (κ1) is 18.3. The Morgan fingerprint density at radius 1 is 1.07 bits per heavy atom. The van der Waals surface area contributed by atoms with E-state index in [1.165, 1.54) is 6.07 Å². The zero-order valence-corrected chi connectivity index (χ0v) is 14.1. The van der Waals surface area contributed by atoms with Crippen LogP contribution in [-0.4, -0.2) is 20.9 Å². The summed E-state index contributed by atoms with van der Waals surface area (Å²) in [5.74, 6) is -5.10. The predicted molar refractivity (Wildman–Crippen MR) is 92.6 cm³/mol. The van der Waals surface area contributed by atoms with Crippen molar-refractivity contribution in [1.29, 1.82) is 0 Å². The lowest BCUT2D eigenvalue weighted by Gasteiger charge is -2.09. The van der Waals surface area contributed by atoms with E-state index in [0.29, 0.717) is 12.2 Å². The van der Waals surface area contributed by atoms with Crippen LogP contribution in [0.1, 0.15) is 21.9 Å². The topological polar surface area (TPSA) is 79.8 Å². The van der Waals surface area contributed by atoms with E-state index in [4.69, 9.17) is 0 Å². The van der Waals surface area contributed by atoms with Crippen molar-refractivity contribution in [2.45, 2.75) is 13.5 Å². The second-order valence-corrected chi connectivity index (χ2v) is 5.57. The number of carbonyl (C=O) groups is 1. The standard InChI is InChI=1S/C18H14F3N5O/c1-10-8-14(17(27)25-13-6-5-12(19)15(20)16(13)21)26-18(24-10)23-9-11-4-2-3-7-22-11/h2-8H,9H2,1H3,(H,25,27)(H,23,24,26). The number of nitrogens with zero attached hydrogens (tertiary/aromatic N) is 3. The Kier molecular flexibility index (Phi) is 5.30. The Labute approximate surface area is 152 Å². The molecule has 0 bridgehead atoms. The maximum atomic E-state index is 13.7. The van der Waals surface area contributed by atoms with E-state index in [1.807, 2.05) is 12.1 Å². The minimum atomic E-state index is -1.66. The molecule has 2 N–H and O–H groups in total. The maximum absolute atomic E-state index is 13.7. The molecule has 0 aliphatic rings. The van der Waals surface area contributed by atoms with Crippen molar-refractivity contribution in [2.24, 2.45) is 0 Å². The second-order valence-electron chi connectivity index (χ2n) is 5.57. The van der Waals surface area contributed by atoms with Gasteiger partial charge >= 0.3 is 0 Å². The van der Waals surface area contributed by atoms with Crippen LogP contribution in [0.3, 0.4) is 0 Å². The van der Waals surface area contributed by atoms with Crippen molar-refractivity contribution in [3.05, 3.63) is 77.1 Å². The fraction of sp³-hybridized carbons (Fsp3) is 0.111. The first-order valence-electron chi connectivity index (χ1n) is 7.88. The van der Waals surface area contributed by atoms with Gasteiger partial charge in [0.25, 0.3) is 5.91 Å². The molecule has 0 atom stereocenters. The predicted octanol–water partition coefficient (Wildman–Crippen LogP) is 3.46. The summed E-state index contributed by atoms with van der Waals surface area (Å²) in [7, 11) is 0. The fourth-order valence-electron chi connectivity index (χ4n) is 2.25. The minimum Gasteiger partial charge on any atom is -0.349 e. The quantitative estimate of drug-likeness (QED) is 0.670. The first-order valence-corrected chi connectivity index (χ1v) is 7.88. The molecule has 2 aromatic heterocycles. The fourth-order valence-corrected chi connectivity index (χ4v) is 2.25. The lowest BCUT2D eigenvalue weighted by atomic mass is 10.2. The first-order chi connectivity index (χ1) is 12.9. The van der Waals surface area contributed by atoms with Crippen LogP contribution in [0.2, 0.25) is 0 Å². The average Bonchev–Trinajstić information content (AvgIpc) is 2.67. The highest BCUT2D eigenvalue weighted by Gasteiger charge is 2.17. The van der Waals surface area contributed by atoms with E-state index in [1.54, 1.807) is 19.2 Å². The molecule has 0 aliphatic heterocycles. The Morgan fingerprint density at radius 2 is 1.89 bits per heavy atom. The van der Waals surface area contributed by atoms with E-state index >= 15 is 0 Å². The summed E-state index contributed by atoms with van der Waals surface area (Å²) in [6.07, 6.45) is 1.64. The highest BCUT2D eigenvalue weighted by Crippen LogP contribution is 2.20. The lowest BCUT2D eigenvalue weighted by molar-refractivity contribution is 0.102. The molecule has 9 heteroatoms. The van der Waals surface area contributed by atoms with Gasteiger partial charge in [0.05, 0.1) is 17.9 Å².